The standard InChI is InChI=1S/C24H28N2O8S2/c1-7-33-23(31)17-11(3)19(13(5)27)35-21(17)25-15(29)9-10-16(30)26-22-18(24(32)34-8-2)12(4)20(36-22)14(6)28/h7-10H2,1-6H3,(H,25,29)(H,26,30). The first-order chi connectivity index (χ1) is 16.9. The van der Waals surface area contributed by atoms with E-state index in [1.54, 1.807) is 27.7 Å². The van der Waals surface area contributed by atoms with Crippen LogP contribution < -0.4 is 10.6 Å². The lowest BCUT2D eigenvalue weighted by Crippen LogP contribution is -2.19. The normalized spacial score (nSPS) is 10.5. The zero-order chi connectivity index (χ0) is 27.2. The highest BCUT2D eigenvalue weighted by molar-refractivity contribution is 7.19. The van der Waals surface area contributed by atoms with E-state index in [9.17, 15) is 28.8 Å². The molecule has 0 aliphatic heterocycles. The average Bonchev–Trinajstić information content (AvgIpc) is 3.29. The van der Waals surface area contributed by atoms with Crippen LogP contribution in [-0.4, -0.2) is 48.5 Å². The summed E-state index contributed by atoms with van der Waals surface area (Å²) in [5.41, 5.74) is 1.05. The molecule has 0 spiro atoms. The van der Waals surface area contributed by atoms with Gasteiger partial charge in [-0.3, -0.25) is 19.2 Å². The lowest BCUT2D eigenvalue weighted by Gasteiger charge is -2.08. The Morgan fingerprint density at radius 2 is 1.00 bits per heavy atom. The van der Waals surface area contributed by atoms with Crippen LogP contribution in [0.25, 0.3) is 0 Å². The Labute approximate surface area is 216 Å². The van der Waals surface area contributed by atoms with Gasteiger partial charge in [-0.1, -0.05) is 0 Å². The fourth-order valence-electron chi connectivity index (χ4n) is 3.38. The van der Waals surface area contributed by atoms with Crippen molar-refractivity contribution in [2.45, 2.75) is 54.4 Å². The molecule has 10 nitrogen and oxygen atoms in total. The van der Waals surface area contributed by atoms with E-state index in [2.05, 4.69) is 10.6 Å². The number of thiophene rings is 2. The molecule has 0 unspecified atom stereocenters. The zero-order valence-electron chi connectivity index (χ0n) is 20.9. The molecule has 0 aliphatic rings. The number of nitrogens with one attached hydrogen (secondary N) is 2. The number of anilines is 2. The van der Waals surface area contributed by atoms with Crippen molar-refractivity contribution in [3.05, 3.63) is 32.0 Å². The van der Waals surface area contributed by atoms with Gasteiger partial charge in [0.1, 0.15) is 10.0 Å². The van der Waals surface area contributed by atoms with E-state index in [1.165, 1.54) is 13.8 Å². The minimum absolute atomic E-state index is 0.106. The van der Waals surface area contributed by atoms with Gasteiger partial charge in [0.15, 0.2) is 11.6 Å². The maximum atomic E-state index is 12.6. The topological polar surface area (TPSA) is 145 Å². The molecule has 2 N–H and O–H groups in total. The maximum absolute atomic E-state index is 12.6. The van der Waals surface area contributed by atoms with Crippen molar-refractivity contribution in [3.8, 4) is 0 Å². The summed E-state index contributed by atoms with van der Waals surface area (Å²) >= 11 is 1.93. The first-order valence-electron chi connectivity index (χ1n) is 11.1. The van der Waals surface area contributed by atoms with Gasteiger partial charge in [-0.2, -0.15) is 0 Å². The number of Topliss-reactive ketones (excluding diaryl/α,β-unsaturated/α-hetero) is 2. The Hall–Kier alpha value is -3.38. The van der Waals surface area contributed by atoms with E-state index in [0.29, 0.717) is 20.9 Å². The summed E-state index contributed by atoms with van der Waals surface area (Å²) in [6.07, 6.45) is -0.474. The molecule has 2 amide bonds. The lowest BCUT2D eigenvalue weighted by atomic mass is 10.1. The van der Waals surface area contributed by atoms with Crippen molar-refractivity contribution < 1.29 is 38.2 Å². The second kappa shape index (κ2) is 12.5. The van der Waals surface area contributed by atoms with Crippen LogP contribution in [0.1, 0.15) is 91.7 Å². The largest absolute Gasteiger partial charge is 0.462 e. The van der Waals surface area contributed by atoms with Crippen molar-refractivity contribution in [1.29, 1.82) is 0 Å². The van der Waals surface area contributed by atoms with Gasteiger partial charge in [-0.05, 0) is 52.7 Å². The van der Waals surface area contributed by atoms with Gasteiger partial charge in [-0.15, -0.1) is 22.7 Å². The highest BCUT2D eigenvalue weighted by Gasteiger charge is 2.27. The average molecular weight is 537 g/mol. The highest BCUT2D eigenvalue weighted by Crippen LogP contribution is 2.35. The first-order valence-corrected chi connectivity index (χ1v) is 12.8. The molecule has 0 aromatic carbocycles. The molecule has 194 valence electrons. The second-order valence-electron chi connectivity index (χ2n) is 7.67. The summed E-state index contributed by atoms with van der Waals surface area (Å²) in [4.78, 5) is 74.4. The van der Waals surface area contributed by atoms with E-state index >= 15 is 0 Å². The van der Waals surface area contributed by atoms with E-state index < -0.39 is 23.8 Å². The molecule has 0 aliphatic carbocycles. The van der Waals surface area contributed by atoms with Crippen molar-refractivity contribution in [2.75, 3.05) is 23.8 Å². The fraction of sp³-hybridized carbons (Fsp3) is 0.417. The molecule has 0 radical (unpaired) electrons. The quantitative estimate of drug-likeness (QED) is 0.314. The van der Waals surface area contributed by atoms with Crippen molar-refractivity contribution in [3.63, 3.8) is 0 Å². The number of hydrogen-bond acceptors (Lipinski definition) is 10. The third kappa shape index (κ3) is 6.64. The Kier molecular flexibility index (Phi) is 10.1. The summed E-state index contributed by atoms with van der Waals surface area (Å²) in [6, 6.07) is 0. The Morgan fingerprint density at radius 3 is 1.28 bits per heavy atom. The fourth-order valence-corrected chi connectivity index (χ4v) is 5.59. The number of esters is 2. The maximum Gasteiger partial charge on any atom is 0.341 e. The second-order valence-corrected chi connectivity index (χ2v) is 9.71. The third-order valence-corrected chi connectivity index (χ3v) is 7.59. The van der Waals surface area contributed by atoms with E-state index in [4.69, 9.17) is 9.47 Å². The van der Waals surface area contributed by atoms with Crippen molar-refractivity contribution in [2.24, 2.45) is 0 Å². The number of carbonyl (C=O) groups excluding carboxylic acids is 6. The molecule has 0 saturated heterocycles. The molecular formula is C24H28N2O8S2. The molecular weight excluding hydrogens is 508 g/mol. The summed E-state index contributed by atoms with van der Waals surface area (Å²) in [6.45, 7) is 9.45. The third-order valence-electron chi connectivity index (χ3n) is 4.98. The SMILES string of the molecule is CCOC(=O)c1c(NC(=O)CCC(=O)Nc2sc(C(C)=O)c(C)c2C(=O)OCC)sc(C(C)=O)c1C. The van der Waals surface area contributed by atoms with Gasteiger partial charge < -0.3 is 20.1 Å². The Morgan fingerprint density at radius 1 is 0.667 bits per heavy atom. The molecule has 2 aromatic heterocycles. The smallest absolute Gasteiger partial charge is 0.341 e. The van der Waals surface area contributed by atoms with E-state index in [0.717, 1.165) is 22.7 Å². The number of rotatable bonds is 11. The van der Waals surface area contributed by atoms with Crippen molar-refractivity contribution in [1.82, 2.24) is 0 Å². The molecule has 12 heteroatoms. The molecule has 0 fully saturated rings. The Bertz CT molecular complexity index is 1130. The minimum atomic E-state index is -0.660. The van der Waals surface area contributed by atoms with Gasteiger partial charge in [0, 0.05) is 12.8 Å². The molecule has 2 rings (SSSR count). The summed E-state index contributed by atoms with van der Waals surface area (Å²) in [7, 11) is 0. The number of amides is 2. The molecule has 0 bridgehead atoms. The number of ketones is 2. The number of hydrogen-bond donors (Lipinski definition) is 2. The lowest BCUT2D eigenvalue weighted by molar-refractivity contribution is -0.121. The van der Waals surface area contributed by atoms with Crippen LogP contribution in [0.2, 0.25) is 0 Å². The minimum Gasteiger partial charge on any atom is -0.462 e. The van der Waals surface area contributed by atoms with Crippen LogP contribution in [0.3, 0.4) is 0 Å². The monoisotopic (exact) mass is 536 g/mol. The van der Waals surface area contributed by atoms with Gasteiger partial charge in [0.25, 0.3) is 0 Å². The summed E-state index contributed by atoms with van der Waals surface area (Å²) in [5, 5.41) is 5.52. The molecule has 2 aromatic rings. The van der Waals surface area contributed by atoms with Crippen LogP contribution in [0.4, 0.5) is 10.0 Å². The van der Waals surface area contributed by atoms with Crippen LogP contribution in [0.15, 0.2) is 0 Å². The summed E-state index contributed by atoms with van der Waals surface area (Å²) < 4.78 is 10.1. The predicted octanol–water partition coefficient (Wildman–Crippen LogP) is 4.54. The van der Waals surface area contributed by atoms with Crippen molar-refractivity contribution >= 4 is 68.0 Å². The van der Waals surface area contributed by atoms with Crippen LogP contribution in [0.5, 0.6) is 0 Å². The van der Waals surface area contributed by atoms with Gasteiger partial charge >= 0.3 is 11.9 Å². The molecule has 0 saturated carbocycles. The zero-order valence-corrected chi connectivity index (χ0v) is 22.5. The van der Waals surface area contributed by atoms with Crippen LogP contribution in [-0.2, 0) is 19.1 Å². The summed E-state index contributed by atoms with van der Waals surface area (Å²) in [5.74, 6) is -2.93. The molecule has 36 heavy (non-hydrogen) atoms. The first kappa shape index (κ1) is 28.9. The van der Waals surface area contributed by atoms with E-state index in [1.807, 2.05) is 0 Å². The Balaban J connectivity index is 2.15. The van der Waals surface area contributed by atoms with Crippen LogP contribution in [0, 0.1) is 13.8 Å². The molecule has 0 atom stereocenters. The van der Waals surface area contributed by atoms with Gasteiger partial charge in [-0.25, -0.2) is 9.59 Å². The number of ether oxygens (including phenoxy) is 2. The van der Waals surface area contributed by atoms with Gasteiger partial charge in [0.2, 0.25) is 11.8 Å². The van der Waals surface area contributed by atoms with Crippen LogP contribution >= 0.6 is 22.7 Å². The predicted molar refractivity (Wildman–Crippen MR) is 137 cm³/mol. The van der Waals surface area contributed by atoms with E-state index in [-0.39, 0.29) is 58.8 Å². The number of carbonyl (C=O) groups is 6. The molecule has 2 heterocycles. The highest BCUT2D eigenvalue weighted by atomic mass is 32.1. The van der Waals surface area contributed by atoms with Gasteiger partial charge in [0.05, 0.1) is 34.1 Å².